The van der Waals surface area contributed by atoms with Crippen LogP contribution in [0.2, 0.25) is 0 Å². The number of rotatable bonds is 7. The van der Waals surface area contributed by atoms with Crippen LogP contribution in [0.25, 0.3) is 0 Å². The van der Waals surface area contributed by atoms with Crippen LogP contribution in [-0.4, -0.2) is 61.9 Å². The first-order chi connectivity index (χ1) is 13.7. The highest BCUT2D eigenvalue weighted by atomic mass is 16.2. The largest absolute Gasteiger partial charge is 0.350 e. The van der Waals surface area contributed by atoms with Gasteiger partial charge in [0, 0.05) is 30.9 Å². The third-order valence-electron chi connectivity index (χ3n) is 5.69. The quantitative estimate of drug-likeness (QED) is 0.776. The van der Waals surface area contributed by atoms with Crippen molar-refractivity contribution in [2.75, 3.05) is 26.2 Å². The van der Waals surface area contributed by atoms with Crippen molar-refractivity contribution >= 4 is 5.91 Å². The van der Waals surface area contributed by atoms with Crippen LogP contribution in [0.15, 0.2) is 6.20 Å². The Morgan fingerprint density at radius 1 is 1.11 bits per heavy atom. The third kappa shape index (κ3) is 4.55. The summed E-state index contributed by atoms with van der Waals surface area (Å²) in [7, 11) is 0. The van der Waals surface area contributed by atoms with Crippen LogP contribution in [0, 0.1) is 6.92 Å². The van der Waals surface area contributed by atoms with Crippen molar-refractivity contribution in [2.45, 2.75) is 58.4 Å². The molecule has 2 aromatic heterocycles. The maximum absolute atomic E-state index is 12.3. The second kappa shape index (κ2) is 8.77. The summed E-state index contributed by atoms with van der Waals surface area (Å²) in [5.41, 5.74) is 3.95. The summed E-state index contributed by atoms with van der Waals surface area (Å²) in [6.07, 6.45) is 9.54. The number of likely N-dealkylation sites (tertiary alicyclic amines) is 1. The molecule has 4 rings (SSSR count). The molecule has 8 nitrogen and oxygen atoms in total. The van der Waals surface area contributed by atoms with E-state index in [1.807, 2.05) is 0 Å². The first kappa shape index (κ1) is 19.0. The van der Waals surface area contributed by atoms with E-state index in [1.54, 1.807) is 10.9 Å². The topological polar surface area (TPSA) is 88.8 Å². The van der Waals surface area contributed by atoms with Crippen molar-refractivity contribution in [1.29, 1.82) is 0 Å². The number of carbonyl (C=O) groups excluding carboxylic acids is 1. The first-order valence-corrected chi connectivity index (χ1v) is 10.4. The zero-order chi connectivity index (χ0) is 19.3. The minimum absolute atomic E-state index is 0.192. The van der Waals surface area contributed by atoms with Gasteiger partial charge in [-0.3, -0.25) is 9.48 Å². The van der Waals surface area contributed by atoms with Gasteiger partial charge in [-0.25, -0.2) is 9.97 Å². The standard InChI is InChI=1S/C20H29N7O/c1-15-16-6-5-7-17(16)23-19(22-15)8-9-21-20(28)18-14-27(25-24-18)13-12-26-10-3-2-4-11-26/h14H,2-13H2,1H3,(H,21,28). The molecule has 0 spiro atoms. The molecule has 8 heteroatoms. The monoisotopic (exact) mass is 383 g/mol. The van der Waals surface area contributed by atoms with E-state index in [0.29, 0.717) is 18.7 Å². The molecule has 1 amide bonds. The highest BCUT2D eigenvalue weighted by molar-refractivity contribution is 5.91. The number of hydrogen-bond donors (Lipinski definition) is 1. The number of nitrogens with one attached hydrogen (secondary N) is 1. The van der Waals surface area contributed by atoms with Crippen LogP contribution in [0.1, 0.15) is 58.9 Å². The maximum atomic E-state index is 12.3. The van der Waals surface area contributed by atoms with Crippen LogP contribution in [0.5, 0.6) is 0 Å². The number of aryl methyl sites for hydroxylation is 2. The SMILES string of the molecule is Cc1nc(CCNC(=O)c2cn(CCN3CCCCC3)nn2)nc2c1CCC2. The summed E-state index contributed by atoms with van der Waals surface area (Å²) in [5, 5.41) is 11.0. The third-order valence-corrected chi connectivity index (χ3v) is 5.69. The van der Waals surface area contributed by atoms with E-state index in [0.717, 1.165) is 50.5 Å². The molecule has 0 unspecified atom stereocenters. The van der Waals surface area contributed by atoms with E-state index in [9.17, 15) is 4.79 Å². The van der Waals surface area contributed by atoms with E-state index in [-0.39, 0.29) is 5.91 Å². The Hall–Kier alpha value is -2.35. The average molecular weight is 384 g/mol. The van der Waals surface area contributed by atoms with Gasteiger partial charge >= 0.3 is 0 Å². The Balaban J connectivity index is 1.24. The predicted molar refractivity (Wildman–Crippen MR) is 105 cm³/mol. The molecule has 0 radical (unpaired) electrons. The van der Waals surface area contributed by atoms with Gasteiger partial charge in [0.05, 0.1) is 12.7 Å². The lowest BCUT2D eigenvalue weighted by Gasteiger charge is -2.25. The Bertz CT molecular complexity index is 826. The van der Waals surface area contributed by atoms with Crippen LogP contribution in [-0.2, 0) is 25.8 Å². The van der Waals surface area contributed by atoms with Crippen LogP contribution >= 0.6 is 0 Å². The fraction of sp³-hybridized carbons (Fsp3) is 0.650. The van der Waals surface area contributed by atoms with Crippen molar-refractivity contribution in [2.24, 2.45) is 0 Å². The van der Waals surface area contributed by atoms with Crippen molar-refractivity contribution in [3.05, 3.63) is 34.7 Å². The predicted octanol–water partition coefficient (Wildman–Crippen LogP) is 1.32. The van der Waals surface area contributed by atoms with Crippen molar-refractivity contribution in [1.82, 2.24) is 35.2 Å². The molecule has 2 aliphatic rings. The summed E-state index contributed by atoms with van der Waals surface area (Å²) < 4.78 is 1.76. The highest BCUT2D eigenvalue weighted by Gasteiger charge is 2.17. The lowest BCUT2D eigenvalue weighted by atomic mass is 10.1. The molecule has 1 aliphatic heterocycles. The molecular formula is C20H29N7O. The zero-order valence-corrected chi connectivity index (χ0v) is 16.7. The van der Waals surface area contributed by atoms with Gasteiger partial charge in [0.25, 0.3) is 5.91 Å². The second-order valence-corrected chi connectivity index (χ2v) is 7.78. The normalized spacial score (nSPS) is 16.9. The summed E-state index contributed by atoms with van der Waals surface area (Å²) in [6, 6.07) is 0. The Morgan fingerprint density at radius 3 is 2.82 bits per heavy atom. The second-order valence-electron chi connectivity index (χ2n) is 7.78. The molecule has 28 heavy (non-hydrogen) atoms. The minimum Gasteiger partial charge on any atom is -0.350 e. The lowest BCUT2D eigenvalue weighted by Crippen LogP contribution is -2.32. The number of nitrogens with zero attached hydrogens (tertiary/aromatic N) is 6. The van der Waals surface area contributed by atoms with E-state index < -0.39 is 0 Å². The van der Waals surface area contributed by atoms with Crippen molar-refractivity contribution in [3.63, 3.8) is 0 Å². The fourth-order valence-electron chi connectivity index (χ4n) is 4.11. The molecule has 0 aromatic carbocycles. The molecular weight excluding hydrogens is 354 g/mol. The molecule has 2 aromatic rings. The zero-order valence-electron chi connectivity index (χ0n) is 16.7. The molecule has 3 heterocycles. The average Bonchev–Trinajstić information content (AvgIpc) is 3.37. The van der Waals surface area contributed by atoms with Crippen LogP contribution < -0.4 is 5.32 Å². The van der Waals surface area contributed by atoms with E-state index in [2.05, 4.69) is 37.4 Å². The van der Waals surface area contributed by atoms with E-state index >= 15 is 0 Å². The number of hydrogen-bond acceptors (Lipinski definition) is 6. The van der Waals surface area contributed by atoms with Crippen LogP contribution in [0.3, 0.4) is 0 Å². The summed E-state index contributed by atoms with van der Waals surface area (Å²) in [6.45, 7) is 6.59. The van der Waals surface area contributed by atoms with Crippen molar-refractivity contribution < 1.29 is 4.79 Å². The summed E-state index contributed by atoms with van der Waals surface area (Å²) >= 11 is 0. The molecule has 1 N–H and O–H groups in total. The molecule has 150 valence electrons. The van der Waals surface area contributed by atoms with Crippen LogP contribution in [0.4, 0.5) is 0 Å². The fourth-order valence-corrected chi connectivity index (χ4v) is 4.11. The molecule has 0 atom stereocenters. The van der Waals surface area contributed by atoms with Gasteiger partial charge in [-0.05, 0) is 57.7 Å². The summed E-state index contributed by atoms with van der Waals surface area (Å²) in [5.74, 6) is 0.616. The molecule has 0 bridgehead atoms. The maximum Gasteiger partial charge on any atom is 0.273 e. The Kier molecular flexibility index (Phi) is 5.95. The van der Waals surface area contributed by atoms with E-state index in [1.165, 1.54) is 36.9 Å². The molecule has 0 saturated carbocycles. The van der Waals surface area contributed by atoms with Gasteiger partial charge in [-0.2, -0.15) is 0 Å². The number of aromatic nitrogens is 5. The number of fused-ring (bicyclic) bond motifs is 1. The smallest absolute Gasteiger partial charge is 0.273 e. The van der Waals surface area contributed by atoms with E-state index in [4.69, 9.17) is 0 Å². The lowest BCUT2D eigenvalue weighted by molar-refractivity contribution is 0.0949. The molecule has 1 aliphatic carbocycles. The summed E-state index contributed by atoms with van der Waals surface area (Å²) in [4.78, 5) is 24.0. The van der Waals surface area contributed by atoms with Gasteiger partial charge in [-0.15, -0.1) is 5.10 Å². The highest BCUT2D eigenvalue weighted by Crippen LogP contribution is 2.22. The number of piperidine rings is 1. The minimum atomic E-state index is -0.192. The van der Waals surface area contributed by atoms with Gasteiger partial charge in [0.2, 0.25) is 0 Å². The van der Waals surface area contributed by atoms with Gasteiger partial charge in [0.1, 0.15) is 5.82 Å². The molecule has 1 saturated heterocycles. The molecule has 1 fully saturated rings. The number of carbonyl (C=O) groups is 1. The first-order valence-electron chi connectivity index (χ1n) is 10.4. The Morgan fingerprint density at radius 2 is 1.96 bits per heavy atom. The number of amides is 1. The van der Waals surface area contributed by atoms with Crippen molar-refractivity contribution in [3.8, 4) is 0 Å². The van der Waals surface area contributed by atoms with Gasteiger partial charge in [0.15, 0.2) is 5.69 Å². The van der Waals surface area contributed by atoms with Gasteiger partial charge in [-0.1, -0.05) is 11.6 Å². The Labute approximate surface area is 165 Å². The van der Waals surface area contributed by atoms with Gasteiger partial charge < -0.3 is 10.2 Å².